The molecule has 1 aromatic rings. The molecule has 0 radical (unpaired) electrons. The summed E-state index contributed by atoms with van der Waals surface area (Å²) in [5.41, 5.74) is -0.303. The minimum Gasteiger partial charge on any atom is -0.341 e. The Balaban J connectivity index is 2.71. The zero-order chi connectivity index (χ0) is 14.4. The molecular weight excluding hydrogens is 270 g/mol. The first-order valence-electron chi connectivity index (χ1n) is 5.84. The van der Waals surface area contributed by atoms with Gasteiger partial charge in [-0.05, 0) is 13.3 Å². The van der Waals surface area contributed by atoms with Gasteiger partial charge in [0.05, 0.1) is 5.25 Å². The van der Waals surface area contributed by atoms with Crippen LogP contribution in [-0.4, -0.2) is 39.0 Å². The Bertz CT molecular complexity index is 510. The lowest BCUT2D eigenvalue weighted by Crippen LogP contribution is -2.41. The van der Waals surface area contributed by atoms with E-state index in [2.05, 4.69) is 20.8 Å². The summed E-state index contributed by atoms with van der Waals surface area (Å²) in [6.45, 7) is 4.11. The Morgan fingerprint density at radius 1 is 1.53 bits per heavy atom. The van der Waals surface area contributed by atoms with Gasteiger partial charge in [0, 0.05) is 13.6 Å². The van der Waals surface area contributed by atoms with E-state index in [9.17, 15) is 14.4 Å². The highest BCUT2D eigenvalue weighted by Crippen LogP contribution is 2.19. The van der Waals surface area contributed by atoms with Crippen LogP contribution in [0.15, 0.2) is 9.95 Å². The summed E-state index contributed by atoms with van der Waals surface area (Å²) in [4.78, 5) is 34.2. The van der Waals surface area contributed by atoms with Gasteiger partial charge in [0.25, 0.3) is 0 Å². The number of aromatic amines is 1. The topological polar surface area (TPSA) is 109 Å². The molecule has 0 aliphatic carbocycles. The van der Waals surface area contributed by atoms with Gasteiger partial charge < -0.3 is 5.32 Å². The number of nitrogens with one attached hydrogen (secondary N) is 3. The minimum atomic E-state index is -0.564. The number of carbonyl (C=O) groups excluding carboxylic acids is 2. The third-order valence-electron chi connectivity index (χ3n) is 2.29. The number of amides is 3. The molecule has 0 bridgehead atoms. The zero-order valence-electron chi connectivity index (χ0n) is 11.0. The number of thioether (sulfide) groups is 1. The van der Waals surface area contributed by atoms with Crippen molar-refractivity contribution < 1.29 is 9.59 Å². The van der Waals surface area contributed by atoms with E-state index in [1.165, 1.54) is 11.6 Å². The summed E-state index contributed by atoms with van der Waals surface area (Å²) in [5.74, 6) is -0.442. The quantitative estimate of drug-likeness (QED) is 0.656. The molecule has 1 atom stereocenters. The van der Waals surface area contributed by atoms with Gasteiger partial charge in [-0.25, -0.2) is 14.7 Å². The highest BCUT2D eigenvalue weighted by Gasteiger charge is 2.20. The zero-order valence-corrected chi connectivity index (χ0v) is 11.8. The van der Waals surface area contributed by atoms with Crippen LogP contribution in [0.1, 0.15) is 20.3 Å². The molecule has 1 heterocycles. The number of carbonyl (C=O) groups is 2. The lowest BCUT2D eigenvalue weighted by atomic mass is 10.4. The van der Waals surface area contributed by atoms with Crippen molar-refractivity contribution >= 4 is 23.7 Å². The smallest absolute Gasteiger partial charge is 0.341 e. The van der Waals surface area contributed by atoms with Gasteiger partial charge in [-0.3, -0.25) is 14.7 Å². The fourth-order valence-corrected chi connectivity index (χ4v) is 2.18. The molecular formula is C10H17N5O3S. The number of rotatable bonds is 5. The van der Waals surface area contributed by atoms with Crippen LogP contribution in [0.3, 0.4) is 0 Å². The third kappa shape index (κ3) is 4.12. The van der Waals surface area contributed by atoms with Crippen LogP contribution in [0.2, 0.25) is 0 Å². The van der Waals surface area contributed by atoms with E-state index in [0.717, 1.165) is 18.2 Å². The van der Waals surface area contributed by atoms with E-state index in [-0.39, 0.29) is 5.69 Å². The molecule has 106 valence electrons. The first-order valence-corrected chi connectivity index (χ1v) is 6.72. The SMILES string of the molecule is CCCn1c(S[C@H](C)C(=O)NC(=O)NC)n[nH]c1=O. The van der Waals surface area contributed by atoms with Gasteiger partial charge in [0.2, 0.25) is 5.91 Å². The van der Waals surface area contributed by atoms with E-state index in [4.69, 9.17) is 0 Å². The molecule has 1 aromatic heterocycles. The Kier molecular flexibility index (Phi) is 5.61. The Morgan fingerprint density at radius 2 is 2.21 bits per heavy atom. The molecule has 0 aliphatic heterocycles. The van der Waals surface area contributed by atoms with E-state index in [1.807, 2.05) is 6.92 Å². The molecule has 19 heavy (non-hydrogen) atoms. The van der Waals surface area contributed by atoms with Crippen LogP contribution < -0.4 is 16.3 Å². The molecule has 0 unspecified atom stereocenters. The summed E-state index contributed by atoms with van der Waals surface area (Å²) in [5, 5.41) is 10.6. The first-order chi connectivity index (χ1) is 8.99. The Morgan fingerprint density at radius 3 is 2.79 bits per heavy atom. The average molecular weight is 287 g/mol. The first kappa shape index (κ1) is 15.3. The molecule has 8 nitrogen and oxygen atoms in total. The fourth-order valence-electron chi connectivity index (χ4n) is 1.30. The second kappa shape index (κ2) is 6.98. The molecule has 9 heteroatoms. The van der Waals surface area contributed by atoms with Crippen molar-refractivity contribution in [3.8, 4) is 0 Å². The van der Waals surface area contributed by atoms with E-state index < -0.39 is 17.2 Å². The van der Waals surface area contributed by atoms with Crippen molar-refractivity contribution in [3.05, 3.63) is 10.5 Å². The van der Waals surface area contributed by atoms with E-state index >= 15 is 0 Å². The Hall–Kier alpha value is -1.77. The van der Waals surface area contributed by atoms with Gasteiger partial charge in [-0.2, -0.15) is 0 Å². The largest absolute Gasteiger partial charge is 0.343 e. The molecule has 0 saturated carbocycles. The molecule has 3 N–H and O–H groups in total. The number of hydrogen-bond donors (Lipinski definition) is 3. The van der Waals surface area contributed by atoms with E-state index in [1.54, 1.807) is 6.92 Å². The van der Waals surface area contributed by atoms with Crippen molar-refractivity contribution in [1.29, 1.82) is 0 Å². The Labute approximate surface area is 114 Å². The number of H-pyrrole nitrogens is 1. The summed E-state index contributed by atoms with van der Waals surface area (Å²) in [6, 6.07) is -0.564. The maximum atomic E-state index is 11.7. The van der Waals surface area contributed by atoms with Crippen molar-refractivity contribution in [2.24, 2.45) is 0 Å². The van der Waals surface area contributed by atoms with Crippen LogP contribution in [-0.2, 0) is 11.3 Å². The third-order valence-corrected chi connectivity index (χ3v) is 3.38. The number of aromatic nitrogens is 3. The van der Waals surface area contributed by atoms with Gasteiger partial charge >= 0.3 is 11.7 Å². The van der Waals surface area contributed by atoms with Gasteiger partial charge in [-0.1, -0.05) is 18.7 Å². The maximum absolute atomic E-state index is 11.7. The number of urea groups is 1. The number of imide groups is 1. The van der Waals surface area contributed by atoms with Crippen molar-refractivity contribution in [2.45, 2.75) is 37.2 Å². The molecule has 0 saturated heterocycles. The average Bonchev–Trinajstić information content (AvgIpc) is 2.71. The normalized spacial score (nSPS) is 11.9. The minimum absolute atomic E-state index is 0.303. The molecule has 0 aromatic carbocycles. The van der Waals surface area contributed by atoms with Crippen molar-refractivity contribution in [2.75, 3.05) is 7.05 Å². The standard InChI is InChI=1S/C10H17N5O3S/c1-4-5-15-9(18)13-14-10(15)19-6(2)7(16)12-8(17)11-3/h6H,4-5H2,1-3H3,(H,13,18)(H2,11,12,16,17)/t6-/m1/s1. The van der Waals surface area contributed by atoms with Crippen LogP contribution in [0.4, 0.5) is 4.79 Å². The van der Waals surface area contributed by atoms with Crippen LogP contribution in [0.5, 0.6) is 0 Å². The molecule has 3 amide bonds. The van der Waals surface area contributed by atoms with Gasteiger partial charge in [-0.15, -0.1) is 5.10 Å². The molecule has 0 fully saturated rings. The maximum Gasteiger partial charge on any atom is 0.343 e. The van der Waals surface area contributed by atoms with Gasteiger partial charge in [0.15, 0.2) is 5.16 Å². The fraction of sp³-hybridized carbons (Fsp3) is 0.600. The number of hydrogen-bond acceptors (Lipinski definition) is 5. The van der Waals surface area contributed by atoms with Crippen molar-refractivity contribution in [3.63, 3.8) is 0 Å². The summed E-state index contributed by atoms with van der Waals surface area (Å²) in [6.07, 6.45) is 0.784. The highest BCUT2D eigenvalue weighted by molar-refractivity contribution is 8.00. The lowest BCUT2D eigenvalue weighted by molar-refractivity contribution is -0.119. The highest BCUT2D eigenvalue weighted by atomic mass is 32.2. The summed E-state index contributed by atoms with van der Waals surface area (Å²) >= 11 is 1.12. The monoisotopic (exact) mass is 287 g/mol. The predicted octanol–water partition coefficient (Wildman–Crippen LogP) is -0.0824. The van der Waals surface area contributed by atoms with E-state index in [0.29, 0.717) is 11.7 Å². The number of nitrogens with zero attached hydrogens (tertiary/aromatic N) is 2. The molecule has 0 aliphatic rings. The van der Waals surface area contributed by atoms with Crippen molar-refractivity contribution in [1.82, 2.24) is 25.4 Å². The molecule has 1 rings (SSSR count). The lowest BCUT2D eigenvalue weighted by Gasteiger charge is -2.10. The second-order valence-electron chi connectivity index (χ2n) is 3.79. The molecule has 0 spiro atoms. The van der Waals surface area contributed by atoms with Crippen LogP contribution in [0, 0.1) is 0 Å². The van der Waals surface area contributed by atoms with Gasteiger partial charge in [0.1, 0.15) is 0 Å². The predicted molar refractivity (Wildman–Crippen MR) is 71.1 cm³/mol. The van der Waals surface area contributed by atoms with Crippen LogP contribution >= 0.6 is 11.8 Å². The second-order valence-corrected chi connectivity index (χ2v) is 5.10. The summed E-state index contributed by atoms with van der Waals surface area (Å²) < 4.78 is 1.47. The summed E-state index contributed by atoms with van der Waals surface area (Å²) in [7, 11) is 1.42. The van der Waals surface area contributed by atoms with Crippen LogP contribution in [0.25, 0.3) is 0 Å².